The molecule has 1 rings (SSSR count). The highest BCUT2D eigenvalue weighted by molar-refractivity contribution is 4.98. The Bertz CT molecular complexity index is 350. The van der Waals surface area contributed by atoms with Crippen LogP contribution in [0.2, 0.25) is 0 Å². The first kappa shape index (κ1) is 15.1. The second-order valence-corrected chi connectivity index (χ2v) is 4.99. The SMILES string of the molecule is CCCNC(CC)Cc1nc(C(C)(C)OC)no1. The highest BCUT2D eigenvalue weighted by atomic mass is 16.5. The number of rotatable bonds is 8. The first-order chi connectivity index (χ1) is 8.53. The number of ether oxygens (including phenoxy) is 1. The molecule has 1 heterocycles. The Morgan fingerprint density at radius 2 is 2.11 bits per heavy atom. The lowest BCUT2D eigenvalue weighted by atomic mass is 10.1. The van der Waals surface area contributed by atoms with Gasteiger partial charge in [0.25, 0.3) is 0 Å². The van der Waals surface area contributed by atoms with Crippen LogP contribution in [-0.2, 0) is 16.8 Å². The van der Waals surface area contributed by atoms with Crippen molar-refractivity contribution in [2.75, 3.05) is 13.7 Å². The van der Waals surface area contributed by atoms with Gasteiger partial charge in [0.2, 0.25) is 11.7 Å². The molecule has 0 fully saturated rings. The molecule has 0 spiro atoms. The molecule has 0 saturated carbocycles. The molecule has 1 aromatic rings. The Labute approximate surface area is 109 Å². The van der Waals surface area contributed by atoms with Crippen LogP contribution in [0.4, 0.5) is 0 Å². The van der Waals surface area contributed by atoms with E-state index in [1.165, 1.54) is 0 Å². The highest BCUT2D eigenvalue weighted by Gasteiger charge is 2.26. The summed E-state index contributed by atoms with van der Waals surface area (Å²) in [6, 6.07) is 0.393. The van der Waals surface area contributed by atoms with Gasteiger partial charge in [-0.1, -0.05) is 19.0 Å². The van der Waals surface area contributed by atoms with Gasteiger partial charge in [0.15, 0.2) is 0 Å². The van der Waals surface area contributed by atoms with Gasteiger partial charge < -0.3 is 14.6 Å². The summed E-state index contributed by atoms with van der Waals surface area (Å²) in [5.41, 5.74) is -0.500. The van der Waals surface area contributed by atoms with Gasteiger partial charge in [-0.25, -0.2) is 0 Å². The van der Waals surface area contributed by atoms with Crippen LogP contribution in [-0.4, -0.2) is 29.8 Å². The number of hydrogen-bond donors (Lipinski definition) is 1. The molecule has 18 heavy (non-hydrogen) atoms. The van der Waals surface area contributed by atoms with E-state index in [4.69, 9.17) is 9.26 Å². The van der Waals surface area contributed by atoms with Crippen LogP contribution in [0.25, 0.3) is 0 Å². The van der Waals surface area contributed by atoms with Gasteiger partial charge >= 0.3 is 0 Å². The summed E-state index contributed by atoms with van der Waals surface area (Å²) in [5, 5.41) is 7.46. The van der Waals surface area contributed by atoms with Crippen molar-refractivity contribution in [2.24, 2.45) is 0 Å². The Morgan fingerprint density at radius 3 is 2.67 bits per heavy atom. The van der Waals surface area contributed by atoms with Crippen molar-refractivity contribution in [1.29, 1.82) is 0 Å². The number of methoxy groups -OCH3 is 1. The van der Waals surface area contributed by atoms with Gasteiger partial charge in [0, 0.05) is 19.6 Å². The zero-order chi connectivity index (χ0) is 13.6. The second-order valence-electron chi connectivity index (χ2n) is 4.99. The third-order valence-corrected chi connectivity index (χ3v) is 3.11. The van der Waals surface area contributed by atoms with Gasteiger partial charge in [-0.05, 0) is 33.2 Å². The van der Waals surface area contributed by atoms with E-state index >= 15 is 0 Å². The van der Waals surface area contributed by atoms with Crippen LogP contribution in [0.15, 0.2) is 4.52 Å². The largest absolute Gasteiger partial charge is 0.371 e. The third-order valence-electron chi connectivity index (χ3n) is 3.11. The Kier molecular flexibility index (Phi) is 5.75. The number of hydrogen-bond acceptors (Lipinski definition) is 5. The van der Waals surface area contributed by atoms with Gasteiger partial charge in [-0.3, -0.25) is 0 Å². The van der Waals surface area contributed by atoms with Crippen LogP contribution >= 0.6 is 0 Å². The average Bonchev–Trinajstić information content (AvgIpc) is 2.83. The van der Waals surface area contributed by atoms with Crippen LogP contribution in [0, 0.1) is 0 Å². The molecule has 0 bridgehead atoms. The first-order valence-electron chi connectivity index (χ1n) is 6.65. The first-order valence-corrected chi connectivity index (χ1v) is 6.65. The molecular weight excluding hydrogens is 230 g/mol. The minimum absolute atomic E-state index is 0.393. The van der Waals surface area contributed by atoms with Crippen LogP contribution in [0.5, 0.6) is 0 Å². The van der Waals surface area contributed by atoms with Crippen molar-refractivity contribution in [3.8, 4) is 0 Å². The molecule has 0 saturated heterocycles. The van der Waals surface area contributed by atoms with Crippen molar-refractivity contribution in [3.05, 3.63) is 11.7 Å². The summed E-state index contributed by atoms with van der Waals surface area (Å²) in [5.74, 6) is 1.27. The summed E-state index contributed by atoms with van der Waals surface area (Å²) in [6.07, 6.45) is 2.94. The van der Waals surface area contributed by atoms with Crippen molar-refractivity contribution in [3.63, 3.8) is 0 Å². The lowest BCUT2D eigenvalue weighted by Crippen LogP contribution is -2.31. The Morgan fingerprint density at radius 1 is 1.39 bits per heavy atom. The minimum Gasteiger partial charge on any atom is -0.371 e. The average molecular weight is 255 g/mol. The van der Waals surface area contributed by atoms with E-state index in [1.54, 1.807) is 7.11 Å². The molecule has 1 N–H and O–H groups in total. The van der Waals surface area contributed by atoms with E-state index in [0.29, 0.717) is 17.8 Å². The zero-order valence-electron chi connectivity index (χ0n) is 12.1. The molecular formula is C13H25N3O2. The zero-order valence-corrected chi connectivity index (χ0v) is 12.1. The second kappa shape index (κ2) is 6.85. The summed E-state index contributed by atoms with van der Waals surface area (Å²) in [4.78, 5) is 4.41. The summed E-state index contributed by atoms with van der Waals surface area (Å²) < 4.78 is 10.6. The fourth-order valence-corrected chi connectivity index (χ4v) is 1.59. The van der Waals surface area contributed by atoms with E-state index in [1.807, 2.05) is 13.8 Å². The van der Waals surface area contributed by atoms with E-state index in [9.17, 15) is 0 Å². The van der Waals surface area contributed by atoms with Gasteiger partial charge in [-0.15, -0.1) is 0 Å². The van der Waals surface area contributed by atoms with Crippen LogP contribution in [0.1, 0.15) is 52.3 Å². The maximum absolute atomic E-state index is 5.33. The maximum atomic E-state index is 5.33. The van der Waals surface area contributed by atoms with Gasteiger partial charge in [0.05, 0.1) is 0 Å². The fourth-order valence-electron chi connectivity index (χ4n) is 1.59. The smallest absolute Gasteiger partial charge is 0.228 e. The minimum atomic E-state index is -0.500. The predicted octanol–water partition coefficient (Wildman–Crippen LogP) is 2.27. The van der Waals surface area contributed by atoms with Crippen LogP contribution in [0.3, 0.4) is 0 Å². The topological polar surface area (TPSA) is 60.2 Å². The lowest BCUT2D eigenvalue weighted by molar-refractivity contribution is 0.00973. The van der Waals surface area contributed by atoms with Gasteiger partial charge in [-0.2, -0.15) is 4.98 Å². The lowest BCUT2D eigenvalue weighted by Gasteiger charge is -2.17. The number of nitrogens with zero attached hydrogens (tertiary/aromatic N) is 2. The Balaban J connectivity index is 2.62. The summed E-state index contributed by atoms with van der Waals surface area (Å²) >= 11 is 0. The molecule has 1 atom stereocenters. The van der Waals surface area contributed by atoms with E-state index < -0.39 is 5.60 Å². The van der Waals surface area contributed by atoms with Gasteiger partial charge in [0.1, 0.15) is 5.60 Å². The van der Waals surface area contributed by atoms with Crippen LogP contribution < -0.4 is 5.32 Å². The molecule has 0 aliphatic heterocycles. The summed E-state index contributed by atoms with van der Waals surface area (Å²) in [6.45, 7) is 9.18. The van der Waals surface area contributed by atoms with E-state index in [2.05, 4.69) is 29.3 Å². The molecule has 0 amide bonds. The quantitative estimate of drug-likeness (QED) is 0.772. The number of aromatic nitrogens is 2. The number of nitrogens with one attached hydrogen (secondary N) is 1. The molecule has 0 aromatic carbocycles. The fraction of sp³-hybridized carbons (Fsp3) is 0.846. The monoisotopic (exact) mass is 255 g/mol. The Hall–Kier alpha value is -0.940. The normalized spacial score (nSPS) is 13.8. The highest BCUT2D eigenvalue weighted by Crippen LogP contribution is 2.20. The predicted molar refractivity (Wildman–Crippen MR) is 70.4 cm³/mol. The third kappa shape index (κ3) is 4.07. The van der Waals surface area contributed by atoms with Crippen molar-refractivity contribution in [1.82, 2.24) is 15.5 Å². The van der Waals surface area contributed by atoms with Crippen molar-refractivity contribution >= 4 is 0 Å². The maximum Gasteiger partial charge on any atom is 0.228 e. The molecule has 104 valence electrons. The molecule has 0 aliphatic carbocycles. The molecule has 5 heteroatoms. The standard InChI is InChI=1S/C13H25N3O2/c1-6-8-14-10(7-2)9-11-15-12(16-18-11)13(3,4)17-5/h10,14H,6-9H2,1-5H3. The molecule has 5 nitrogen and oxygen atoms in total. The molecule has 0 radical (unpaired) electrons. The van der Waals surface area contributed by atoms with E-state index in [-0.39, 0.29) is 0 Å². The molecule has 1 aromatic heterocycles. The van der Waals surface area contributed by atoms with Crippen molar-refractivity contribution < 1.29 is 9.26 Å². The summed E-state index contributed by atoms with van der Waals surface area (Å²) in [7, 11) is 1.65. The molecule has 0 aliphatic rings. The van der Waals surface area contributed by atoms with E-state index in [0.717, 1.165) is 25.8 Å². The molecule has 1 unspecified atom stereocenters. The van der Waals surface area contributed by atoms with Crippen molar-refractivity contribution in [2.45, 2.75) is 58.6 Å².